The number of aryl methyl sites for hydroxylation is 1. The summed E-state index contributed by atoms with van der Waals surface area (Å²) in [5.41, 5.74) is 14.9. The summed E-state index contributed by atoms with van der Waals surface area (Å²) < 4.78 is 0. The minimum Gasteiger partial charge on any atom is -0.402 e. The van der Waals surface area contributed by atoms with E-state index in [4.69, 9.17) is 11.5 Å². The van der Waals surface area contributed by atoms with Crippen molar-refractivity contribution in [3.05, 3.63) is 71.9 Å². The van der Waals surface area contributed by atoms with E-state index < -0.39 is 5.91 Å². The van der Waals surface area contributed by atoms with Gasteiger partial charge >= 0.3 is 0 Å². The Kier molecular flexibility index (Phi) is 4.56. The molecule has 4 N–H and O–H groups in total. The number of rotatable bonds is 5. The summed E-state index contributed by atoms with van der Waals surface area (Å²) in [4.78, 5) is 10.7. The molecule has 0 aliphatic rings. The Morgan fingerprint density at radius 1 is 0.950 bits per heavy atom. The van der Waals surface area contributed by atoms with Crippen LogP contribution in [0.4, 0.5) is 0 Å². The molecule has 0 aliphatic carbocycles. The molecule has 20 heavy (non-hydrogen) atoms. The lowest BCUT2D eigenvalue weighted by Crippen LogP contribution is -2.10. The van der Waals surface area contributed by atoms with Gasteiger partial charge in [0.2, 0.25) is 5.91 Å². The molecule has 0 spiro atoms. The monoisotopic (exact) mass is 266 g/mol. The molecule has 0 bridgehead atoms. The van der Waals surface area contributed by atoms with E-state index in [1.165, 1.54) is 22.8 Å². The third-order valence-electron chi connectivity index (χ3n) is 3.06. The van der Waals surface area contributed by atoms with Crippen LogP contribution in [-0.2, 0) is 11.2 Å². The lowest BCUT2D eigenvalue weighted by atomic mass is 10.0. The van der Waals surface area contributed by atoms with Crippen LogP contribution in [-0.4, -0.2) is 5.91 Å². The third-order valence-corrected chi connectivity index (χ3v) is 3.06. The zero-order valence-corrected chi connectivity index (χ0v) is 11.3. The van der Waals surface area contributed by atoms with Crippen LogP contribution in [0, 0.1) is 0 Å². The van der Waals surface area contributed by atoms with Crippen molar-refractivity contribution in [2.75, 3.05) is 0 Å². The summed E-state index contributed by atoms with van der Waals surface area (Å²) in [6, 6.07) is 18.5. The van der Waals surface area contributed by atoms with Crippen LogP contribution in [0.2, 0.25) is 0 Å². The van der Waals surface area contributed by atoms with Gasteiger partial charge in [0.15, 0.2) is 0 Å². The normalized spacial score (nSPS) is 11.3. The maximum atomic E-state index is 10.7. The second-order valence-corrected chi connectivity index (χ2v) is 4.69. The van der Waals surface area contributed by atoms with E-state index in [0.29, 0.717) is 12.1 Å². The Labute approximate surface area is 118 Å². The fraction of sp³-hybridized carbons (Fsp3) is 0.118. The zero-order valence-electron chi connectivity index (χ0n) is 11.3. The second kappa shape index (κ2) is 6.57. The molecular weight excluding hydrogens is 248 g/mol. The number of carbonyl (C=O) groups excluding carboxylic acids is 1. The van der Waals surface area contributed by atoms with Crippen LogP contribution in [0.3, 0.4) is 0 Å². The van der Waals surface area contributed by atoms with E-state index in [2.05, 4.69) is 30.3 Å². The molecule has 2 aromatic rings. The van der Waals surface area contributed by atoms with Crippen LogP contribution in [0.5, 0.6) is 0 Å². The van der Waals surface area contributed by atoms with Gasteiger partial charge < -0.3 is 11.5 Å². The lowest BCUT2D eigenvalue weighted by molar-refractivity contribution is -0.113. The summed E-state index contributed by atoms with van der Waals surface area (Å²) >= 11 is 0. The Bertz CT molecular complexity index is 618. The van der Waals surface area contributed by atoms with Crippen molar-refractivity contribution >= 4 is 5.91 Å². The highest BCUT2D eigenvalue weighted by Crippen LogP contribution is 2.20. The maximum absolute atomic E-state index is 10.7. The lowest BCUT2D eigenvalue weighted by Gasteiger charge is -2.06. The Morgan fingerprint density at radius 3 is 2.35 bits per heavy atom. The van der Waals surface area contributed by atoms with Crippen molar-refractivity contribution in [3.63, 3.8) is 0 Å². The standard InChI is InChI=1S/C17H18N2O/c18-16(12-17(19)20)10-9-13-5-4-8-15(11-13)14-6-2-1-3-7-14/h1-8,11-12H,9-10,18H2,(H2,19,20)/b16-12-. The zero-order chi connectivity index (χ0) is 14.4. The number of benzene rings is 2. The SMILES string of the molecule is NC(=O)/C=C(\N)CCc1cccc(-c2ccccc2)c1. The van der Waals surface area contributed by atoms with Crippen molar-refractivity contribution in [1.29, 1.82) is 0 Å². The molecule has 2 aromatic carbocycles. The predicted molar refractivity (Wildman–Crippen MR) is 81.7 cm³/mol. The van der Waals surface area contributed by atoms with Gasteiger partial charge in [0, 0.05) is 11.8 Å². The molecule has 0 atom stereocenters. The number of hydrogen-bond donors (Lipinski definition) is 2. The summed E-state index contributed by atoms with van der Waals surface area (Å²) in [6.07, 6.45) is 2.69. The molecule has 0 saturated heterocycles. The molecular formula is C17H18N2O. The van der Waals surface area contributed by atoms with E-state index in [9.17, 15) is 4.79 Å². The molecule has 0 saturated carbocycles. The number of carbonyl (C=O) groups is 1. The fourth-order valence-corrected chi connectivity index (χ4v) is 2.08. The third kappa shape index (κ3) is 3.99. The fourth-order valence-electron chi connectivity index (χ4n) is 2.08. The van der Waals surface area contributed by atoms with Crippen LogP contribution in [0.25, 0.3) is 11.1 Å². The molecule has 3 heteroatoms. The first kappa shape index (κ1) is 13.9. The molecule has 102 valence electrons. The van der Waals surface area contributed by atoms with Gasteiger partial charge in [-0.2, -0.15) is 0 Å². The van der Waals surface area contributed by atoms with Crippen LogP contribution in [0.15, 0.2) is 66.4 Å². The largest absolute Gasteiger partial charge is 0.402 e. The first-order valence-electron chi connectivity index (χ1n) is 6.55. The summed E-state index contributed by atoms with van der Waals surface area (Å²) in [7, 11) is 0. The number of amides is 1. The molecule has 0 fully saturated rings. The quantitative estimate of drug-likeness (QED) is 0.817. The summed E-state index contributed by atoms with van der Waals surface area (Å²) in [5, 5.41) is 0. The van der Waals surface area contributed by atoms with Crippen LogP contribution < -0.4 is 11.5 Å². The van der Waals surface area contributed by atoms with Crippen LogP contribution >= 0.6 is 0 Å². The molecule has 0 aromatic heterocycles. The highest BCUT2D eigenvalue weighted by Gasteiger charge is 2.00. The van der Waals surface area contributed by atoms with Gasteiger partial charge in [0.25, 0.3) is 0 Å². The molecule has 0 unspecified atom stereocenters. The highest BCUT2D eigenvalue weighted by atomic mass is 16.1. The van der Waals surface area contributed by atoms with E-state index in [1.54, 1.807) is 0 Å². The Hall–Kier alpha value is -2.55. The first-order chi connectivity index (χ1) is 9.65. The second-order valence-electron chi connectivity index (χ2n) is 4.69. The van der Waals surface area contributed by atoms with Crippen molar-refractivity contribution in [1.82, 2.24) is 0 Å². The van der Waals surface area contributed by atoms with Gasteiger partial charge in [0.05, 0.1) is 0 Å². The predicted octanol–water partition coefficient (Wildman–Crippen LogP) is 2.61. The van der Waals surface area contributed by atoms with Crippen molar-refractivity contribution in [2.24, 2.45) is 11.5 Å². The van der Waals surface area contributed by atoms with Crippen molar-refractivity contribution < 1.29 is 4.79 Å². The maximum Gasteiger partial charge on any atom is 0.243 e. The summed E-state index contributed by atoms with van der Waals surface area (Å²) in [5.74, 6) is -0.500. The van der Waals surface area contributed by atoms with E-state index in [-0.39, 0.29) is 0 Å². The topological polar surface area (TPSA) is 69.1 Å². The minimum absolute atomic E-state index is 0.500. The summed E-state index contributed by atoms with van der Waals surface area (Å²) in [6.45, 7) is 0. The van der Waals surface area contributed by atoms with E-state index in [1.807, 2.05) is 24.3 Å². The molecule has 0 radical (unpaired) electrons. The number of primary amides is 1. The highest BCUT2D eigenvalue weighted by molar-refractivity contribution is 5.86. The number of hydrogen-bond acceptors (Lipinski definition) is 2. The van der Waals surface area contributed by atoms with Gasteiger partial charge in [-0.05, 0) is 29.5 Å². The number of allylic oxidation sites excluding steroid dienone is 1. The van der Waals surface area contributed by atoms with Gasteiger partial charge in [-0.3, -0.25) is 4.79 Å². The first-order valence-corrected chi connectivity index (χ1v) is 6.55. The van der Waals surface area contributed by atoms with Crippen molar-refractivity contribution in [2.45, 2.75) is 12.8 Å². The van der Waals surface area contributed by atoms with Crippen molar-refractivity contribution in [3.8, 4) is 11.1 Å². The molecule has 2 rings (SSSR count). The Balaban J connectivity index is 2.09. The van der Waals surface area contributed by atoms with Gasteiger partial charge in [-0.25, -0.2) is 0 Å². The van der Waals surface area contributed by atoms with Gasteiger partial charge in [-0.1, -0.05) is 54.6 Å². The van der Waals surface area contributed by atoms with E-state index in [0.717, 1.165) is 6.42 Å². The molecule has 3 nitrogen and oxygen atoms in total. The average Bonchev–Trinajstić information content (AvgIpc) is 2.46. The van der Waals surface area contributed by atoms with E-state index >= 15 is 0 Å². The Morgan fingerprint density at radius 2 is 1.65 bits per heavy atom. The minimum atomic E-state index is -0.500. The van der Waals surface area contributed by atoms with Gasteiger partial charge in [0.1, 0.15) is 0 Å². The molecule has 1 amide bonds. The number of nitrogens with two attached hydrogens (primary N) is 2. The van der Waals surface area contributed by atoms with Crippen LogP contribution in [0.1, 0.15) is 12.0 Å². The van der Waals surface area contributed by atoms with Gasteiger partial charge in [-0.15, -0.1) is 0 Å². The molecule has 0 aliphatic heterocycles. The molecule has 0 heterocycles. The average molecular weight is 266 g/mol. The smallest absolute Gasteiger partial charge is 0.243 e.